The minimum absolute atomic E-state index is 0.144. The number of nitrogens with one attached hydrogen (secondary N) is 4. The second-order valence-electron chi connectivity index (χ2n) is 7.32. The number of imide groups is 1. The highest BCUT2D eigenvalue weighted by molar-refractivity contribution is 8.02. The smallest absolute Gasteiger partial charge is 0.321 e. The fourth-order valence-electron chi connectivity index (χ4n) is 3.20. The van der Waals surface area contributed by atoms with Crippen molar-refractivity contribution in [2.45, 2.75) is 61.6 Å². The molecule has 0 saturated heterocycles. The fraction of sp³-hybridized carbons (Fsp3) is 0.450. The van der Waals surface area contributed by atoms with Crippen LogP contribution in [0.1, 0.15) is 46.0 Å². The van der Waals surface area contributed by atoms with Crippen molar-refractivity contribution in [2.75, 3.05) is 10.6 Å². The van der Waals surface area contributed by atoms with Crippen molar-refractivity contribution in [2.24, 2.45) is 0 Å². The van der Waals surface area contributed by atoms with Gasteiger partial charge in [-0.1, -0.05) is 48.4 Å². The molecule has 0 spiro atoms. The van der Waals surface area contributed by atoms with Crippen LogP contribution in [0.4, 0.5) is 21.3 Å². The zero-order valence-electron chi connectivity index (χ0n) is 17.4. The van der Waals surface area contributed by atoms with E-state index in [4.69, 9.17) is 0 Å². The molecule has 166 valence electrons. The lowest BCUT2D eigenvalue weighted by Crippen LogP contribution is -2.47. The van der Waals surface area contributed by atoms with E-state index in [1.165, 1.54) is 36.4 Å². The molecule has 0 aliphatic heterocycles. The van der Waals surface area contributed by atoms with Crippen LogP contribution in [-0.4, -0.2) is 39.3 Å². The van der Waals surface area contributed by atoms with Crippen molar-refractivity contribution < 1.29 is 14.4 Å². The maximum atomic E-state index is 12.3. The maximum absolute atomic E-state index is 12.3. The zero-order chi connectivity index (χ0) is 22.2. The molecule has 1 aromatic heterocycles. The summed E-state index contributed by atoms with van der Waals surface area (Å²) in [5.74, 6) is -0.516. The molecule has 9 nitrogen and oxygen atoms in total. The lowest BCUT2D eigenvalue weighted by molar-refractivity contribution is -0.119. The van der Waals surface area contributed by atoms with Crippen LogP contribution in [0.3, 0.4) is 0 Å². The monoisotopic (exact) mass is 462 g/mol. The molecule has 2 aromatic rings. The average molecular weight is 463 g/mol. The van der Waals surface area contributed by atoms with Gasteiger partial charge in [0.15, 0.2) is 4.34 Å². The Morgan fingerprint density at radius 1 is 1.13 bits per heavy atom. The number of hydrogen-bond donors (Lipinski definition) is 4. The first-order chi connectivity index (χ1) is 14.9. The largest absolute Gasteiger partial charge is 0.335 e. The van der Waals surface area contributed by atoms with E-state index in [9.17, 15) is 14.4 Å². The Kier molecular flexibility index (Phi) is 8.24. The van der Waals surface area contributed by atoms with Crippen LogP contribution < -0.4 is 21.3 Å². The van der Waals surface area contributed by atoms with E-state index in [2.05, 4.69) is 31.5 Å². The van der Waals surface area contributed by atoms with Gasteiger partial charge in [-0.2, -0.15) is 0 Å². The second-order valence-corrected chi connectivity index (χ2v) is 9.88. The van der Waals surface area contributed by atoms with Crippen LogP contribution in [0, 0.1) is 0 Å². The first kappa shape index (κ1) is 23.0. The van der Waals surface area contributed by atoms with Gasteiger partial charge < -0.3 is 16.0 Å². The Bertz CT molecular complexity index is 929. The number of urea groups is 1. The lowest BCUT2D eigenvalue weighted by atomic mass is 9.96. The summed E-state index contributed by atoms with van der Waals surface area (Å²) in [6.45, 7) is 3.17. The lowest BCUT2D eigenvalue weighted by Gasteiger charge is -2.22. The van der Waals surface area contributed by atoms with Crippen LogP contribution >= 0.6 is 23.1 Å². The minimum atomic E-state index is -0.499. The quantitative estimate of drug-likeness (QED) is 0.460. The molecule has 1 unspecified atom stereocenters. The standard InChI is InChI=1S/C20H26N6O3S2/c1-12(17(28)24-18(29)22-14-7-4-3-5-8-14)30-20-26-25-19(31-20)23-16-10-6-9-15(11-16)21-13(2)27/h6,9-12,14H,3-5,7-8H2,1-2H3,(H,21,27)(H,23,25)(H2,22,24,28,29). The van der Waals surface area contributed by atoms with Gasteiger partial charge in [-0.3, -0.25) is 14.9 Å². The molecule has 4 amide bonds. The van der Waals surface area contributed by atoms with Gasteiger partial charge >= 0.3 is 6.03 Å². The Morgan fingerprint density at radius 2 is 1.87 bits per heavy atom. The summed E-state index contributed by atoms with van der Waals surface area (Å²) >= 11 is 2.54. The van der Waals surface area contributed by atoms with Gasteiger partial charge in [0.05, 0.1) is 5.25 Å². The van der Waals surface area contributed by atoms with Crippen molar-refractivity contribution in [3.63, 3.8) is 0 Å². The molecule has 1 aliphatic carbocycles. The summed E-state index contributed by atoms with van der Waals surface area (Å²) in [6.07, 6.45) is 5.33. The third kappa shape index (κ3) is 7.51. The number of nitrogens with zero attached hydrogens (tertiary/aromatic N) is 2. The number of carbonyl (C=O) groups is 3. The van der Waals surface area contributed by atoms with Crippen molar-refractivity contribution in [1.29, 1.82) is 0 Å². The molecule has 1 aromatic carbocycles. The topological polar surface area (TPSA) is 125 Å². The molecule has 4 N–H and O–H groups in total. The summed E-state index contributed by atoms with van der Waals surface area (Å²) in [5.41, 5.74) is 1.43. The van der Waals surface area contributed by atoms with E-state index in [1.807, 2.05) is 12.1 Å². The van der Waals surface area contributed by atoms with Gasteiger partial charge in [0.2, 0.25) is 16.9 Å². The van der Waals surface area contributed by atoms with Crippen LogP contribution in [0.15, 0.2) is 28.6 Å². The molecule has 1 heterocycles. The molecule has 3 rings (SSSR count). The van der Waals surface area contributed by atoms with Crippen LogP contribution in [0.25, 0.3) is 0 Å². The number of amides is 4. The first-order valence-electron chi connectivity index (χ1n) is 10.2. The predicted octanol–water partition coefficient (Wildman–Crippen LogP) is 3.88. The molecule has 1 fully saturated rings. The molecular formula is C20H26N6O3S2. The summed E-state index contributed by atoms with van der Waals surface area (Å²) in [7, 11) is 0. The van der Waals surface area contributed by atoms with E-state index in [1.54, 1.807) is 19.1 Å². The third-order valence-corrected chi connectivity index (χ3v) is 6.69. The normalized spacial score (nSPS) is 15.0. The highest BCUT2D eigenvalue weighted by Gasteiger charge is 2.21. The Hall–Kier alpha value is -2.66. The van der Waals surface area contributed by atoms with E-state index in [0.29, 0.717) is 15.2 Å². The number of thioether (sulfide) groups is 1. The highest BCUT2D eigenvalue weighted by atomic mass is 32.2. The molecule has 1 aliphatic rings. The third-order valence-electron chi connectivity index (χ3n) is 4.66. The van der Waals surface area contributed by atoms with Gasteiger partial charge in [0.1, 0.15) is 0 Å². The molecule has 1 saturated carbocycles. The minimum Gasteiger partial charge on any atom is -0.335 e. The van der Waals surface area contributed by atoms with E-state index >= 15 is 0 Å². The molecule has 31 heavy (non-hydrogen) atoms. The molecule has 0 radical (unpaired) electrons. The van der Waals surface area contributed by atoms with Crippen molar-refractivity contribution in [1.82, 2.24) is 20.8 Å². The molecule has 1 atom stereocenters. The van der Waals surface area contributed by atoms with Crippen LogP contribution in [0.2, 0.25) is 0 Å². The Morgan fingerprint density at radius 3 is 2.61 bits per heavy atom. The number of rotatable bonds is 7. The van der Waals surface area contributed by atoms with Crippen molar-refractivity contribution in [3.8, 4) is 0 Å². The Balaban J connectivity index is 1.48. The van der Waals surface area contributed by atoms with E-state index < -0.39 is 11.3 Å². The molecular weight excluding hydrogens is 436 g/mol. The number of anilines is 3. The van der Waals surface area contributed by atoms with Gasteiger partial charge in [-0.25, -0.2) is 4.79 Å². The second kappa shape index (κ2) is 11.1. The maximum Gasteiger partial charge on any atom is 0.321 e. The first-order valence-corrected chi connectivity index (χ1v) is 11.8. The van der Waals surface area contributed by atoms with E-state index in [0.717, 1.165) is 31.4 Å². The van der Waals surface area contributed by atoms with Crippen LogP contribution in [0.5, 0.6) is 0 Å². The summed E-state index contributed by atoms with van der Waals surface area (Å²) in [4.78, 5) is 35.6. The zero-order valence-corrected chi connectivity index (χ0v) is 19.1. The molecule has 11 heteroatoms. The van der Waals surface area contributed by atoms with Crippen molar-refractivity contribution in [3.05, 3.63) is 24.3 Å². The number of hydrogen-bond acceptors (Lipinski definition) is 8. The van der Waals surface area contributed by atoms with Gasteiger partial charge in [-0.05, 0) is 38.0 Å². The Labute approximate surface area is 189 Å². The summed E-state index contributed by atoms with van der Waals surface area (Å²) < 4.78 is 0.607. The van der Waals surface area contributed by atoms with Gasteiger partial charge in [0, 0.05) is 24.3 Å². The fourth-order valence-corrected chi connectivity index (χ4v) is 5.11. The predicted molar refractivity (Wildman–Crippen MR) is 123 cm³/mol. The van der Waals surface area contributed by atoms with E-state index in [-0.39, 0.29) is 17.9 Å². The number of carbonyl (C=O) groups excluding carboxylic acids is 3. The number of aromatic nitrogens is 2. The highest BCUT2D eigenvalue weighted by Crippen LogP contribution is 2.31. The van der Waals surface area contributed by atoms with Gasteiger partial charge in [0.25, 0.3) is 0 Å². The SMILES string of the molecule is CC(=O)Nc1cccc(Nc2nnc(SC(C)C(=O)NC(=O)NC3CCCCC3)s2)c1. The number of benzene rings is 1. The molecule has 0 bridgehead atoms. The summed E-state index contributed by atoms with van der Waals surface area (Å²) in [6, 6.07) is 6.94. The van der Waals surface area contributed by atoms with Crippen LogP contribution in [-0.2, 0) is 9.59 Å². The van der Waals surface area contributed by atoms with Crippen molar-refractivity contribution >= 4 is 57.5 Å². The average Bonchev–Trinajstić information content (AvgIpc) is 3.15. The van der Waals surface area contributed by atoms with Gasteiger partial charge in [-0.15, -0.1) is 10.2 Å². The summed E-state index contributed by atoms with van der Waals surface area (Å²) in [5, 5.41) is 19.4.